The van der Waals surface area contributed by atoms with Crippen LogP contribution in [0.3, 0.4) is 0 Å². The van der Waals surface area contributed by atoms with Crippen molar-refractivity contribution in [1.82, 2.24) is 0 Å². The van der Waals surface area contributed by atoms with E-state index in [1.807, 2.05) is 18.3 Å². The second-order valence-electron chi connectivity index (χ2n) is 3.54. The van der Waals surface area contributed by atoms with E-state index < -0.39 is 5.97 Å². The summed E-state index contributed by atoms with van der Waals surface area (Å²) in [6, 6.07) is 10.7. The number of carbonyl (C=O) groups is 1. The van der Waals surface area contributed by atoms with Gasteiger partial charge in [0.05, 0.1) is 0 Å². The molecule has 1 aromatic carbocycles. The lowest BCUT2D eigenvalue weighted by atomic mass is 10.2. The normalized spacial score (nSPS) is 9.62. The number of carboxylic acids is 1. The van der Waals surface area contributed by atoms with Crippen molar-refractivity contribution in [3.63, 3.8) is 0 Å². The molecule has 2 rings (SSSR count). The van der Waals surface area contributed by atoms with E-state index in [9.17, 15) is 4.79 Å². The van der Waals surface area contributed by atoms with Gasteiger partial charge in [0, 0.05) is 16.0 Å². The fourth-order valence-electron chi connectivity index (χ4n) is 1.33. The van der Waals surface area contributed by atoms with Crippen LogP contribution in [0.4, 0.5) is 0 Å². The number of aliphatic carboxylic acids is 1. The number of fused-ring (bicyclic) bond motifs is 1. The minimum absolute atomic E-state index is 0.292. The summed E-state index contributed by atoms with van der Waals surface area (Å²) >= 11 is 1.85. The quantitative estimate of drug-likeness (QED) is 0.853. The Balaban J connectivity index is 0.000000187. The van der Waals surface area contributed by atoms with Crippen LogP contribution in [0.1, 0.15) is 24.6 Å². The van der Waals surface area contributed by atoms with Crippen LogP contribution in [0.25, 0.3) is 10.1 Å². The molecule has 2 nitrogen and oxygen atoms in total. The van der Waals surface area contributed by atoms with Gasteiger partial charge in [0.1, 0.15) is 0 Å². The van der Waals surface area contributed by atoms with Crippen LogP contribution in [-0.4, -0.2) is 11.1 Å². The van der Waals surface area contributed by atoms with Gasteiger partial charge >= 0.3 is 5.97 Å². The molecule has 86 valence electrons. The molecule has 0 unspecified atom stereocenters. The Labute approximate surface area is 99.5 Å². The summed E-state index contributed by atoms with van der Waals surface area (Å²) in [5, 5.41) is 9.28. The van der Waals surface area contributed by atoms with E-state index in [2.05, 4.69) is 37.3 Å². The maximum absolute atomic E-state index is 9.60. The predicted molar refractivity (Wildman–Crippen MR) is 69.1 cm³/mol. The van der Waals surface area contributed by atoms with Gasteiger partial charge in [0.15, 0.2) is 0 Å². The Kier molecular flexibility index (Phi) is 4.99. The first-order valence-electron chi connectivity index (χ1n) is 5.30. The predicted octanol–water partition coefficient (Wildman–Crippen LogP) is 4.08. The summed E-state index contributed by atoms with van der Waals surface area (Å²) in [7, 11) is 0. The van der Waals surface area contributed by atoms with Gasteiger partial charge in [0.25, 0.3) is 0 Å². The van der Waals surface area contributed by atoms with Crippen LogP contribution in [0.5, 0.6) is 0 Å². The van der Waals surface area contributed by atoms with Gasteiger partial charge in [-0.2, -0.15) is 0 Å². The van der Waals surface area contributed by atoms with Crippen LogP contribution in [-0.2, 0) is 4.79 Å². The molecular formula is C13H16O2S. The van der Waals surface area contributed by atoms with Crippen LogP contribution < -0.4 is 0 Å². The molecular weight excluding hydrogens is 220 g/mol. The number of hydrogen-bond acceptors (Lipinski definition) is 2. The highest BCUT2D eigenvalue weighted by molar-refractivity contribution is 7.19. The van der Waals surface area contributed by atoms with Crippen molar-refractivity contribution >= 4 is 27.4 Å². The lowest BCUT2D eigenvalue weighted by Crippen LogP contribution is -1.90. The monoisotopic (exact) mass is 236 g/mol. The number of benzene rings is 1. The molecule has 0 bridgehead atoms. The van der Waals surface area contributed by atoms with Gasteiger partial charge in [-0.25, -0.2) is 0 Å². The van der Waals surface area contributed by atoms with Crippen molar-refractivity contribution in [2.45, 2.75) is 26.7 Å². The number of hydrogen-bond donors (Lipinski definition) is 1. The molecule has 1 aromatic heterocycles. The standard InChI is InChI=1S/C9H8S.C4H8O2/c1-7-6-8-4-2-3-5-9(8)10-7;1-2-3-4(5)6/h2-6H,1H3;2-3H2,1H3,(H,5,6). The van der Waals surface area contributed by atoms with Gasteiger partial charge in [-0.1, -0.05) is 25.1 Å². The molecule has 0 saturated heterocycles. The third kappa shape index (κ3) is 4.03. The first-order chi connectivity index (χ1) is 7.63. The Morgan fingerprint density at radius 1 is 1.38 bits per heavy atom. The second kappa shape index (κ2) is 6.28. The van der Waals surface area contributed by atoms with E-state index in [-0.39, 0.29) is 0 Å². The van der Waals surface area contributed by atoms with Crippen molar-refractivity contribution in [3.05, 3.63) is 35.2 Å². The van der Waals surface area contributed by atoms with Gasteiger partial charge in [0.2, 0.25) is 0 Å². The van der Waals surface area contributed by atoms with Crippen LogP contribution in [0.2, 0.25) is 0 Å². The Morgan fingerprint density at radius 2 is 2.06 bits per heavy atom. The van der Waals surface area contributed by atoms with Crippen molar-refractivity contribution in [1.29, 1.82) is 0 Å². The zero-order chi connectivity index (χ0) is 12.0. The summed E-state index contributed by atoms with van der Waals surface area (Å²) in [4.78, 5) is 11.0. The molecule has 0 radical (unpaired) electrons. The highest BCUT2D eigenvalue weighted by Crippen LogP contribution is 2.23. The minimum atomic E-state index is -0.711. The smallest absolute Gasteiger partial charge is 0.303 e. The summed E-state index contributed by atoms with van der Waals surface area (Å²) in [5.74, 6) is -0.711. The van der Waals surface area contributed by atoms with Crippen LogP contribution in [0.15, 0.2) is 30.3 Å². The van der Waals surface area contributed by atoms with Crippen molar-refractivity contribution in [2.75, 3.05) is 0 Å². The second-order valence-corrected chi connectivity index (χ2v) is 4.83. The van der Waals surface area contributed by atoms with Crippen LogP contribution >= 0.6 is 11.3 Å². The highest BCUT2D eigenvalue weighted by atomic mass is 32.1. The molecule has 0 aliphatic rings. The maximum Gasteiger partial charge on any atom is 0.303 e. The zero-order valence-corrected chi connectivity index (χ0v) is 10.4. The fourth-order valence-corrected chi connectivity index (χ4v) is 2.25. The third-order valence-electron chi connectivity index (χ3n) is 2.01. The number of carboxylic acid groups (broad SMARTS) is 1. The molecule has 0 aliphatic carbocycles. The Bertz CT molecular complexity index is 427. The average Bonchev–Trinajstić information content (AvgIpc) is 2.58. The van der Waals surface area contributed by atoms with E-state index in [1.165, 1.54) is 15.0 Å². The first kappa shape index (κ1) is 12.7. The summed E-state index contributed by atoms with van der Waals surface area (Å²) in [6.07, 6.45) is 1.02. The largest absolute Gasteiger partial charge is 0.481 e. The third-order valence-corrected chi connectivity index (χ3v) is 3.04. The van der Waals surface area contributed by atoms with Crippen molar-refractivity contribution in [2.24, 2.45) is 0 Å². The fraction of sp³-hybridized carbons (Fsp3) is 0.308. The molecule has 1 N–H and O–H groups in total. The lowest BCUT2D eigenvalue weighted by Gasteiger charge is -1.82. The van der Waals surface area contributed by atoms with Crippen molar-refractivity contribution < 1.29 is 9.90 Å². The van der Waals surface area contributed by atoms with E-state index in [4.69, 9.17) is 5.11 Å². The molecule has 2 aromatic rings. The number of aryl methyl sites for hydroxylation is 1. The van der Waals surface area contributed by atoms with Gasteiger partial charge in [-0.15, -0.1) is 11.3 Å². The topological polar surface area (TPSA) is 37.3 Å². The van der Waals surface area contributed by atoms with Crippen LogP contribution in [0, 0.1) is 6.92 Å². The SMILES string of the molecule is CCCC(=O)O.Cc1cc2ccccc2s1. The molecule has 0 amide bonds. The van der Waals surface area contributed by atoms with Crippen molar-refractivity contribution in [3.8, 4) is 0 Å². The molecule has 1 heterocycles. The number of rotatable bonds is 2. The summed E-state index contributed by atoms with van der Waals surface area (Å²) in [5.41, 5.74) is 0. The maximum atomic E-state index is 9.60. The molecule has 0 atom stereocenters. The molecule has 0 aliphatic heterocycles. The summed E-state index contributed by atoms with van der Waals surface area (Å²) in [6.45, 7) is 3.98. The molecule has 0 fully saturated rings. The Morgan fingerprint density at radius 3 is 2.56 bits per heavy atom. The van der Waals surface area contributed by atoms with E-state index in [1.54, 1.807) is 0 Å². The molecule has 3 heteroatoms. The molecule has 0 saturated carbocycles. The zero-order valence-electron chi connectivity index (χ0n) is 9.56. The van der Waals surface area contributed by atoms with Gasteiger partial charge in [-0.3, -0.25) is 4.79 Å². The minimum Gasteiger partial charge on any atom is -0.481 e. The van der Waals surface area contributed by atoms with E-state index >= 15 is 0 Å². The lowest BCUT2D eigenvalue weighted by molar-refractivity contribution is -0.137. The first-order valence-corrected chi connectivity index (χ1v) is 6.12. The molecule has 16 heavy (non-hydrogen) atoms. The Hall–Kier alpha value is -1.35. The molecule has 0 spiro atoms. The van der Waals surface area contributed by atoms with Gasteiger partial charge < -0.3 is 5.11 Å². The van der Waals surface area contributed by atoms with E-state index in [0.717, 1.165) is 6.42 Å². The average molecular weight is 236 g/mol. The summed E-state index contributed by atoms with van der Waals surface area (Å²) < 4.78 is 1.39. The highest BCUT2D eigenvalue weighted by Gasteiger charge is 1.93. The van der Waals surface area contributed by atoms with Gasteiger partial charge in [-0.05, 0) is 30.9 Å². The number of thiophene rings is 1. The van der Waals surface area contributed by atoms with E-state index in [0.29, 0.717) is 6.42 Å².